The molecule has 0 spiro atoms. The third-order valence-corrected chi connectivity index (χ3v) is 20.4. The van der Waals surface area contributed by atoms with Crippen LogP contribution in [0.5, 0.6) is 0 Å². The standard InChI is InChI=1S/C33H51ClSi4/c1-22-19-31(25(4)16-28(22)35(7,8)9)38(34,32-20-23(2)29(17-26(32)5)36(10,11)12)33-21-24(3)30(18-27(33)6)37(13,14)15/h16-21H,1-15H3. The van der Waals surface area contributed by atoms with Gasteiger partial charge in [-0.1, -0.05) is 144 Å². The molecule has 0 nitrogen and oxygen atoms in total. The molecule has 0 radical (unpaired) electrons. The molecule has 3 aromatic carbocycles. The van der Waals surface area contributed by atoms with Crippen molar-refractivity contribution < 1.29 is 0 Å². The Morgan fingerprint density at radius 3 is 0.684 bits per heavy atom. The lowest BCUT2D eigenvalue weighted by Gasteiger charge is -2.35. The summed E-state index contributed by atoms with van der Waals surface area (Å²) in [4.78, 5) is 0. The van der Waals surface area contributed by atoms with Gasteiger partial charge in [0.05, 0.1) is 24.2 Å². The Kier molecular flexibility index (Phi) is 8.53. The summed E-state index contributed by atoms with van der Waals surface area (Å²) in [6.07, 6.45) is 0. The summed E-state index contributed by atoms with van der Waals surface area (Å²) < 4.78 is 0. The van der Waals surface area contributed by atoms with Crippen molar-refractivity contribution in [1.29, 1.82) is 0 Å². The Morgan fingerprint density at radius 2 is 0.500 bits per heavy atom. The lowest BCUT2D eigenvalue weighted by molar-refractivity contribution is 1.41. The Bertz CT molecular complexity index is 1210. The predicted molar refractivity (Wildman–Crippen MR) is 187 cm³/mol. The summed E-state index contributed by atoms with van der Waals surface area (Å²) >= 11 is 8.32. The van der Waals surface area contributed by atoms with Gasteiger partial charge in [0.2, 0.25) is 7.38 Å². The fourth-order valence-corrected chi connectivity index (χ4v) is 17.9. The molecule has 0 aliphatic heterocycles. The second kappa shape index (κ2) is 10.3. The van der Waals surface area contributed by atoms with E-state index < -0.39 is 31.6 Å². The van der Waals surface area contributed by atoms with Crippen LogP contribution in [0, 0.1) is 41.5 Å². The first-order valence-electron chi connectivity index (χ1n) is 14.2. The van der Waals surface area contributed by atoms with Crippen LogP contribution in [0.15, 0.2) is 36.4 Å². The highest BCUT2D eigenvalue weighted by Gasteiger charge is 2.43. The zero-order valence-corrected chi connectivity index (χ0v) is 31.6. The van der Waals surface area contributed by atoms with Gasteiger partial charge in [-0.15, -0.1) is 11.1 Å². The van der Waals surface area contributed by atoms with Crippen LogP contribution in [0.3, 0.4) is 0 Å². The van der Waals surface area contributed by atoms with Crippen molar-refractivity contribution in [3.63, 3.8) is 0 Å². The summed E-state index contributed by atoms with van der Waals surface area (Å²) in [5, 5.41) is 8.75. The number of halogens is 1. The summed E-state index contributed by atoms with van der Waals surface area (Å²) in [7, 11) is -7.23. The van der Waals surface area contributed by atoms with Crippen molar-refractivity contribution in [2.45, 2.75) is 100 Å². The van der Waals surface area contributed by atoms with Crippen molar-refractivity contribution in [2.24, 2.45) is 0 Å². The van der Waals surface area contributed by atoms with Gasteiger partial charge in [-0.25, -0.2) is 0 Å². The molecule has 206 valence electrons. The average molecular weight is 596 g/mol. The normalized spacial score (nSPS) is 13.3. The van der Waals surface area contributed by atoms with Crippen LogP contribution in [0.4, 0.5) is 0 Å². The minimum Gasteiger partial charge on any atom is -0.149 e. The highest BCUT2D eigenvalue weighted by Crippen LogP contribution is 2.22. The Hall–Kier alpha value is -1.18. The van der Waals surface area contributed by atoms with Crippen LogP contribution in [-0.2, 0) is 0 Å². The first-order valence-corrected chi connectivity index (χ1v) is 27.7. The Labute approximate surface area is 243 Å². The maximum Gasteiger partial charge on any atom is 0.248 e. The minimum absolute atomic E-state index is 1.35. The molecule has 3 aromatic rings. The van der Waals surface area contributed by atoms with Crippen LogP contribution in [0.2, 0.25) is 58.9 Å². The molecule has 0 aliphatic rings. The van der Waals surface area contributed by atoms with Crippen molar-refractivity contribution in [1.82, 2.24) is 0 Å². The van der Waals surface area contributed by atoms with Gasteiger partial charge in [-0.2, -0.15) is 0 Å². The Balaban J connectivity index is 2.50. The molecule has 3 rings (SSSR count). The molecule has 0 bridgehead atoms. The van der Waals surface area contributed by atoms with Gasteiger partial charge in [0, 0.05) is 0 Å². The maximum absolute atomic E-state index is 8.32. The molecule has 0 saturated heterocycles. The zero-order chi connectivity index (χ0) is 29.2. The SMILES string of the molecule is Cc1cc([Si](Cl)(c2cc(C)c([Si](C)(C)C)cc2C)c2cc(C)c([Si](C)(C)C)cc2C)c(C)cc1[Si](C)(C)C. The quantitative estimate of drug-likeness (QED) is 0.176. The van der Waals surface area contributed by atoms with E-state index in [-0.39, 0.29) is 0 Å². The van der Waals surface area contributed by atoms with E-state index in [0.717, 1.165) is 0 Å². The van der Waals surface area contributed by atoms with Crippen molar-refractivity contribution in [2.75, 3.05) is 0 Å². The third-order valence-electron chi connectivity index (χ3n) is 8.25. The molecular weight excluding hydrogens is 544 g/mol. The minimum atomic E-state index is -2.83. The lowest BCUT2D eigenvalue weighted by atomic mass is 10.1. The molecule has 5 heteroatoms. The van der Waals surface area contributed by atoms with Gasteiger partial charge in [0.1, 0.15) is 0 Å². The van der Waals surface area contributed by atoms with E-state index in [1.807, 2.05) is 0 Å². The smallest absolute Gasteiger partial charge is 0.149 e. The third kappa shape index (κ3) is 5.81. The summed E-state index contributed by atoms with van der Waals surface area (Å²) in [6.45, 7) is 35.9. The molecule has 0 unspecified atom stereocenters. The van der Waals surface area contributed by atoms with Crippen LogP contribution in [-0.4, -0.2) is 31.6 Å². The predicted octanol–water partition coefficient (Wildman–Crippen LogP) is 6.38. The molecule has 0 amide bonds. The monoisotopic (exact) mass is 594 g/mol. The summed E-state index contributed by atoms with van der Waals surface area (Å²) in [5.74, 6) is 0. The molecule has 38 heavy (non-hydrogen) atoms. The van der Waals surface area contributed by atoms with Gasteiger partial charge >= 0.3 is 0 Å². The fraction of sp³-hybridized carbons (Fsp3) is 0.455. The topological polar surface area (TPSA) is 0 Å². The number of rotatable bonds is 6. The van der Waals surface area contributed by atoms with Crippen LogP contribution < -0.4 is 31.1 Å². The first-order chi connectivity index (χ1) is 17.1. The van der Waals surface area contributed by atoms with Crippen LogP contribution in [0.25, 0.3) is 0 Å². The molecule has 0 saturated carbocycles. The summed E-state index contributed by atoms with van der Waals surface area (Å²) in [6, 6.07) is 14.9. The molecule has 0 atom stereocenters. The zero-order valence-electron chi connectivity index (χ0n) is 26.8. The van der Waals surface area contributed by atoms with Crippen molar-refractivity contribution >= 4 is 73.8 Å². The molecule has 0 N–H and O–H groups in total. The van der Waals surface area contributed by atoms with E-state index in [2.05, 4.69) is 137 Å². The molecule has 0 aliphatic carbocycles. The van der Waals surface area contributed by atoms with Gasteiger partial charge in [-0.3, -0.25) is 0 Å². The molecule has 0 heterocycles. The van der Waals surface area contributed by atoms with E-state index in [9.17, 15) is 0 Å². The number of aryl methyl sites for hydroxylation is 6. The fourth-order valence-electron chi connectivity index (χ4n) is 6.42. The maximum atomic E-state index is 8.32. The van der Waals surface area contributed by atoms with Gasteiger partial charge in [-0.05, 0) is 57.1 Å². The highest BCUT2D eigenvalue weighted by molar-refractivity contribution is 7.40. The second-order valence-corrected chi connectivity index (χ2v) is 34.6. The van der Waals surface area contributed by atoms with Crippen LogP contribution in [0.1, 0.15) is 33.4 Å². The molecule has 0 fully saturated rings. The van der Waals surface area contributed by atoms with Crippen molar-refractivity contribution in [3.05, 3.63) is 69.8 Å². The first kappa shape index (κ1) is 31.3. The Morgan fingerprint density at radius 1 is 0.342 bits per heavy atom. The highest BCUT2D eigenvalue weighted by atomic mass is 35.6. The van der Waals surface area contributed by atoms with E-state index in [1.165, 1.54) is 48.9 Å². The van der Waals surface area contributed by atoms with Crippen LogP contribution >= 0.6 is 11.1 Å². The lowest BCUT2D eigenvalue weighted by Crippen LogP contribution is -2.66. The van der Waals surface area contributed by atoms with Crippen molar-refractivity contribution in [3.8, 4) is 0 Å². The molecular formula is C33H51ClSi4. The van der Waals surface area contributed by atoms with E-state index in [1.54, 1.807) is 15.6 Å². The second-order valence-electron chi connectivity index (χ2n) is 14.9. The largest absolute Gasteiger partial charge is 0.248 e. The van der Waals surface area contributed by atoms with E-state index in [0.29, 0.717) is 0 Å². The van der Waals surface area contributed by atoms with E-state index in [4.69, 9.17) is 11.1 Å². The summed E-state index contributed by atoms with van der Waals surface area (Å²) in [5.41, 5.74) is 8.28. The number of hydrogen-bond donors (Lipinski definition) is 0. The van der Waals surface area contributed by atoms with Gasteiger partial charge in [0.25, 0.3) is 0 Å². The van der Waals surface area contributed by atoms with E-state index >= 15 is 0 Å². The number of benzene rings is 3. The van der Waals surface area contributed by atoms with Gasteiger partial charge in [0.15, 0.2) is 0 Å². The average Bonchev–Trinajstić information content (AvgIpc) is 2.74. The van der Waals surface area contributed by atoms with Gasteiger partial charge < -0.3 is 0 Å². The molecule has 0 aromatic heterocycles. The number of hydrogen-bond acceptors (Lipinski definition) is 0.